The van der Waals surface area contributed by atoms with E-state index in [2.05, 4.69) is 0 Å². The van der Waals surface area contributed by atoms with Gasteiger partial charge in [0.1, 0.15) is 5.82 Å². The summed E-state index contributed by atoms with van der Waals surface area (Å²) >= 11 is 0. The fraction of sp³-hybridized carbons (Fsp3) is 0.182. The topological polar surface area (TPSA) is 46.6 Å². The molecule has 0 aromatic heterocycles. The summed E-state index contributed by atoms with van der Waals surface area (Å²) in [7, 11) is 1.26. The van der Waals surface area contributed by atoms with Crippen molar-refractivity contribution in [2.75, 3.05) is 12.0 Å². The number of nitrogens with zero attached hydrogens (tertiary/aromatic N) is 1. The van der Waals surface area contributed by atoms with E-state index in [0.717, 1.165) is 11.1 Å². The number of allylic oxidation sites excluding steroid dienone is 1. The number of hydrogen-bond donors (Lipinski definition) is 0. The maximum absolute atomic E-state index is 14.1. The molecule has 138 valence electrons. The number of ether oxygens (including phenoxy) is 1. The summed E-state index contributed by atoms with van der Waals surface area (Å²) in [6, 6.07) is 11.8. The third-order valence-electron chi connectivity index (χ3n) is 4.46. The first kappa shape index (κ1) is 18.6. The van der Waals surface area contributed by atoms with Crippen molar-refractivity contribution in [1.29, 1.82) is 0 Å². The second-order valence-electron chi connectivity index (χ2n) is 6.52. The number of carbonyl (C=O) groups excluding carboxylic acids is 2. The Morgan fingerprint density at radius 1 is 1.07 bits per heavy atom. The Balaban J connectivity index is 2.19. The molecule has 2 aromatic rings. The number of amides is 1. The molecule has 1 aliphatic heterocycles. The summed E-state index contributed by atoms with van der Waals surface area (Å²) in [5, 5.41) is 0. The molecule has 0 radical (unpaired) electrons. The number of aryl methyl sites for hydroxylation is 2. The molecular weight excluding hydrogens is 345 g/mol. The maximum Gasteiger partial charge on any atom is 0.340 e. The van der Waals surface area contributed by atoms with Crippen LogP contribution in [0, 0.1) is 19.7 Å². The van der Waals surface area contributed by atoms with Crippen LogP contribution in [0.3, 0.4) is 0 Å². The highest BCUT2D eigenvalue weighted by atomic mass is 19.1. The van der Waals surface area contributed by atoms with Crippen LogP contribution in [-0.4, -0.2) is 19.0 Å². The van der Waals surface area contributed by atoms with Crippen LogP contribution < -0.4 is 4.90 Å². The number of anilines is 1. The molecule has 1 amide bonds. The van der Waals surface area contributed by atoms with Gasteiger partial charge in [-0.3, -0.25) is 9.69 Å². The van der Waals surface area contributed by atoms with Gasteiger partial charge in [0.05, 0.1) is 18.3 Å². The van der Waals surface area contributed by atoms with Gasteiger partial charge in [0.25, 0.3) is 5.91 Å². The number of benzene rings is 2. The van der Waals surface area contributed by atoms with Crippen LogP contribution in [0.5, 0.6) is 0 Å². The quantitative estimate of drug-likeness (QED) is 0.601. The van der Waals surface area contributed by atoms with Crippen molar-refractivity contribution < 1.29 is 18.7 Å². The van der Waals surface area contributed by atoms with Gasteiger partial charge in [-0.1, -0.05) is 24.3 Å². The van der Waals surface area contributed by atoms with Crippen molar-refractivity contribution in [2.45, 2.75) is 20.8 Å². The summed E-state index contributed by atoms with van der Waals surface area (Å²) in [6.07, 6.45) is 1.40. The molecule has 0 fully saturated rings. The SMILES string of the molecule is COC(=O)C1=C(C)N(c2cc(C)cc(C)c2)C(=O)/C1=C/c1ccccc1F. The highest BCUT2D eigenvalue weighted by molar-refractivity contribution is 6.23. The van der Waals surface area contributed by atoms with Crippen molar-refractivity contribution in [2.24, 2.45) is 0 Å². The van der Waals surface area contributed by atoms with E-state index in [0.29, 0.717) is 11.4 Å². The molecule has 0 N–H and O–H groups in total. The molecule has 5 heteroatoms. The zero-order valence-corrected chi connectivity index (χ0v) is 15.7. The lowest BCUT2D eigenvalue weighted by Gasteiger charge is -2.19. The van der Waals surface area contributed by atoms with Gasteiger partial charge in [0.2, 0.25) is 0 Å². The minimum Gasteiger partial charge on any atom is -0.465 e. The molecule has 0 atom stereocenters. The van der Waals surface area contributed by atoms with Crippen LogP contribution in [0.15, 0.2) is 59.3 Å². The van der Waals surface area contributed by atoms with Gasteiger partial charge in [-0.05, 0) is 56.2 Å². The number of rotatable bonds is 3. The van der Waals surface area contributed by atoms with Gasteiger partial charge < -0.3 is 4.74 Å². The first-order valence-electron chi connectivity index (χ1n) is 8.52. The Hall–Kier alpha value is -3.21. The molecule has 3 rings (SSSR count). The summed E-state index contributed by atoms with van der Waals surface area (Å²) < 4.78 is 19.0. The Kier molecular flexibility index (Phi) is 4.95. The first-order chi connectivity index (χ1) is 12.8. The lowest BCUT2D eigenvalue weighted by Crippen LogP contribution is -2.24. The molecule has 0 bridgehead atoms. The van der Waals surface area contributed by atoms with E-state index in [1.54, 1.807) is 25.1 Å². The highest BCUT2D eigenvalue weighted by Gasteiger charge is 2.38. The maximum atomic E-state index is 14.1. The van der Waals surface area contributed by atoms with Crippen molar-refractivity contribution in [1.82, 2.24) is 0 Å². The number of halogens is 1. The number of carbonyl (C=O) groups is 2. The molecule has 2 aromatic carbocycles. The molecular formula is C22H20FNO3. The van der Waals surface area contributed by atoms with E-state index in [9.17, 15) is 14.0 Å². The van der Waals surface area contributed by atoms with E-state index in [4.69, 9.17) is 4.74 Å². The Labute approximate surface area is 157 Å². The molecule has 4 nitrogen and oxygen atoms in total. The van der Waals surface area contributed by atoms with E-state index in [1.807, 2.05) is 32.0 Å². The number of hydrogen-bond acceptors (Lipinski definition) is 3. The standard InChI is InChI=1S/C22H20FNO3/c1-13-9-14(2)11-17(10-13)24-15(3)20(22(26)27-4)18(21(24)25)12-16-7-5-6-8-19(16)23/h5-12H,1-4H3/b18-12+. The highest BCUT2D eigenvalue weighted by Crippen LogP contribution is 2.36. The molecule has 0 spiro atoms. The fourth-order valence-electron chi connectivity index (χ4n) is 3.32. The Bertz CT molecular complexity index is 984. The molecule has 0 saturated carbocycles. The van der Waals surface area contributed by atoms with Crippen molar-refractivity contribution in [3.05, 3.63) is 81.8 Å². The van der Waals surface area contributed by atoms with Gasteiger partial charge in [-0.25, -0.2) is 9.18 Å². The summed E-state index contributed by atoms with van der Waals surface area (Å²) in [5.74, 6) is -1.49. The average Bonchev–Trinajstić information content (AvgIpc) is 2.85. The minimum absolute atomic E-state index is 0.114. The van der Waals surface area contributed by atoms with Crippen LogP contribution in [0.1, 0.15) is 23.6 Å². The Morgan fingerprint density at radius 2 is 1.70 bits per heavy atom. The fourth-order valence-corrected chi connectivity index (χ4v) is 3.32. The summed E-state index contributed by atoms with van der Waals surface area (Å²) in [4.78, 5) is 27.0. The van der Waals surface area contributed by atoms with E-state index < -0.39 is 11.8 Å². The number of esters is 1. The molecule has 0 unspecified atom stereocenters. The van der Waals surface area contributed by atoms with Crippen molar-refractivity contribution in [3.63, 3.8) is 0 Å². The normalized spacial score (nSPS) is 15.7. The first-order valence-corrected chi connectivity index (χ1v) is 8.52. The van der Waals surface area contributed by atoms with Gasteiger partial charge in [0, 0.05) is 16.9 Å². The largest absolute Gasteiger partial charge is 0.465 e. The van der Waals surface area contributed by atoms with Gasteiger partial charge in [-0.2, -0.15) is 0 Å². The second kappa shape index (κ2) is 7.19. The second-order valence-corrected chi connectivity index (χ2v) is 6.52. The van der Waals surface area contributed by atoms with E-state index >= 15 is 0 Å². The average molecular weight is 365 g/mol. The predicted molar refractivity (Wildman–Crippen MR) is 102 cm³/mol. The van der Waals surface area contributed by atoms with Crippen LogP contribution in [0.4, 0.5) is 10.1 Å². The van der Waals surface area contributed by atoms with Crippen molar-refractivity contribution >= 4 is 23.6 Å². The van der Waals surface area contributed by atoms with E-state index in [1.165, 1.54) is 24.2 Å². The lowest BCUT2D eigenvalue weighted by molar-refractivity contribution is -0.136. The predicted octanol–water partition coefficient (Wildman–Crippen LogP) is 4.32. The van der Waals surface area contributed by atoms with Crippen LogP contribution in [0.25, 0.3) is 6.08 Å². The molecule has 1 heterocycles. The zero-order valence-electron chi connectivity index (χ0n) is 15.7. The summed E-state index contributed by atoms with van der Waals surface area (Å²) in [6.45, 7) is 5.56. The molecule has 0 aliphatic carbocycles. The third-order valence-corrected chi connectivity index (χ3v) is 4.46. The van der Waals surface area contributed by atoms with Crippen molar-refractivity contribution in [3.8, 4) is 0 Å². The van der Waals surface area contributed by atoms with Crippen LogP contribution >= 0.6 is 0 Å². The van der Waals surface area contributed by atoms with Gasteiger partial charge in [0.15, 0.2) is 0 Å². The monoisotopic (exact) mass is 365 g/mol. The Morgan fingerprint density at radius 3 is 2.30 bits per heavy atom. The lowest BCUT2D eigenvalue weighted by atomic mass is 10.0. The van der Waals surface area contributed by atoms with Crippen LogP contribution in [0.2, 0.25) is 0 Å². The molecule has 0 saturated heterocycles. The van der Waals surface area contributed by atoms with Gasteiger partial charge >= 0.3 is 5.97 Å². The zero-order chi connectivity index (χ0) is 19.7. The molecule has 27 heavy (non-hydrogen) atoms. The smallest absolute Gasteiger partial charge is 0.340 e. The van der Waals surface area contributed by atoms with Crippen LogP contribution in [-0.2, 0) is 14.3 Å². The van der Waals surface area contributed by atoms with Gasteiger partial charge in [-0.15, -0.1) is 0 Å². The third kappa shape index (κ3) is 3.40. The van der Waals surface area contributed by atoms with E-state index in [-0.39, 0.29) is 22.6 Å². The minimum atomic E-state index is -0.629. The molecule has 1 aliphatic rings. The number of methoxy groups -OCH3 is 1. The summed E-state index contributed by atoms with van der Waals surface area (Å²) in [5.41, 5.74) is 3.60.